The molecular weight excluding hydrogens is 384 g/mol. The molecular formula is C18H17BrN4O2. The fraction of sp³-hybridized carbons (Fsp3) is 0.167. The van der Waals surface area contributed by atoms with Gasteiger partial charge in [0.05, 0.1) is 5.69 Å². The first-order chi connectivity index (χ1) is 12.1. The minimum Gasteiger partial charge on any atom is -0.508 e. The number of nitrogens with zero attached hydrogens (tertiary/aromatic N) is 4. The molecule has 0 fully saturated rings. The zero-order valence-electron chi connectivity index (χ0n) is 13.6. The van der Waals surface area contributed by atoms with Gasteiger partial charge in [-0.2, -0.15) is 5.10 Å². The van der Waals surface area contributed by atoms with Gasteiger partial charge < -0.3 is 10.0 Å². The van der Waals surface area contributed by atoms with Crippen LogP contribution in [0.15, 0.2) is 59.6 Å². The summed E-state index contributed by atoms with van der Waals surface area (Å²) < 4.78 is 2.49. The third kappa shape index (κ3) is 3.88. The predicted molar refractivity (Wildman–Crippen MR) is 97.6 cm³/mol. The van der Waals surface area contributed by atoms with Crippen LogP contribution in [-0.4, -0.2) is 37.2 Å². The van der Waals surface area contributed by atoms with Crippen LogP contribution in [0.2, 0.25) is 0 Å². The number of rotatable bonds is 5. The first kappa shape index (κ1) is 17.2. The van der Waals surface area contributed by atoms with Crippen LogP contribution in [0.25, 0.3) is 5.69 Å². The molecule has 0 saturated heterocycles. The molecule has 6 nitrogen and oxygen atoms in total. The molecule has 1 amide bonds. The first-order valence-corrected chi connectivity index (χ1v) is 8.59. The van der Waals surface area contributed by atoms with Gasteiger partial charge in [-0.05, 0) is 49.4 Å². The lowest BCUT2D eigenvalue weighted by Crippen LogP contribution is -2.30. The number of carbonyl (C=O) groups excluding carboxylic acids is 1. The second kappa shape index (κ2) is 7.48. The maximum atomic E-state index is 12.8. The van der Waals surface area contributed by atoms with Crippen molar-refractivity contribution in [2.45, 2.75) is 13.5 Å². The van der Waals surface area contributed by atoms with Crippen LogP contribution < -0.4 is 0 Å². The van der Waals surface area contributed by atoms with Crippen LogP contribution in [0.5, 0.6) is 5.75 Å². The van der Waals surface area contributed by atoms with Gasteiger partial charge in [-0.15, -0.1) is 0 Å². The third-order valence-corrected chi connectivity index (χ3v) is 4.36. The molecule has 0 unspecified atom stereocenters. The SMILES string of the molecule is CCN(Cc1cc(Br)ccc1O)C(=O)c1ccc(-n2cncn2)cc1. The van der Waals surface area contributed by atoms with E-state index in [1.807, 2.05) is 25.1 Å². The van der Waals surface area contributed by atoms with Crippen molar-refractivity contribution in [2.75, 3.05) is 6.54 Å². The molecule has 3 rings (SSSR count). The van der Waals surface area contributed by atoms with Gasteiger partial charge in [0.2, 0.25) is 0 Å². The summed E-state index contributed by atoms with van der Waals surface area (Å²) >= 11 is 3.39. The van der Waals surface area contributed by atoms with Gasteiger partial charge in [-0.25, -0.2) is 9.67 Å². The van der Waals surface area contributed by atoms with E-state index in [2.05, 4.69) is 26.0 Å². The van der Waals surface area contributed by atoms with Gasteiger partial charge in [0.1, 0.15) is 18.4 Å². The Hall–Kier alpha value is -2.67. The van der Waals surface area contributed by atoms with Crippen molar-refractivity contribution in [1.29, 1.82) is 0 Å². The smallest absolute Gasteiger partial charge is 0.254 e. The average molecular weight is 401 g/mol. The lowest BCUT2D eigenvalue weighted by Gasteiger charge is -2.22. The molecule has 0 atom stereocenters. The standard InChI is InChI=1S/C18H17BrN4O2/c1-2-22(10-14-9-15(19)5-8-17(14)24)18(25)13-3-6-16(7-4-13)23-12-20-11-21-23/h3-9,11-12,24H,2,10H2,1H3. The monoisotopic (exact) mass is 400 g/mol. The Balaban J connectivity index is 1.79. The van der Waals surface area contributed by atoms with Gasteiger partial charge in [0, 0.05) is 28.7 Å². The lowest BCUT2D eigenvalue weighted by molar-refractivity contribution is 0.0751. The number of hydrogen-bond donors (Lipinski definition) is 1. The van der Waals surface area contributed by atoms with E-state index in [1.54, 1.807) is 40.2 Å². The van der Waals surface area contributed by atoms with Crippen LogP contribution in [-0.2, 0) is 6.54 Å². The molecule has 0 aliphatic heterocycles. The number of aromatic hydroxyl groups is 1. The van der Waals surface area contributed by atoms with E-state index in [4.69, 9.17) is 0 Å². The molecule has 0 aliphatic rings. The van der Waals surface area contributed by atoms with E-state index < -0.39 is 0 Å². The van der Waals surface area contributed by atoms with E-state index in [-0.39, 0.29) is 11.7 Å². The van der Waals surface area contributed by atoms with Gasteiger partial charge in [-0.3, -0.25) is 4.79 Å². The van der Waals surface area contributed by atoms with Crippen molar-refractivity contribution in [3.05, 3.63) is 70.7 Å². The number of amides is 1. The summed E-state index contributed by atoms with van der Waals surface area (Å²) in [6.45, 7) is 2.79. The lowest BCUT2D eigenvalue weighted by atomic mass is 10.1. The summed E-state index contributed by atoms with van der Waals surface area (Å²) in [5.74, 6) is 0.0861. The second-order valence-corrected chi connectivity index (χ2v) is 6.39. The quantitative estimate of drug-likeness (QED) is 0.712. The highest BCUT2D eigenvalue weighted by Gasteiger charge is 2.16. The maximum absolute atomic E-state index is 12.8. The van der Waals surface area contributed by atoms with Crippen LogP contribution >= 0.6 is 15.9 Å². The minimum atomic E-state index is -0.0907. The Morgan fingerprint density at radius 3 is 2.64 bits per heavy atom. The van der Waals surface area contributed by atoms with Crippen LogP contribution in [0.3, 0.4) is 0 Å². The van der Waals surface area contributed by atoms with E-state index in [9.17, 15) is 9.90 Å². The molecule has 0 aliphatic carbocycles. The number of benzene rings is 2. The normalized spacial score (nSPS) is 10.6. The molecule has 0 saturated carbocycles. The number of phenols is 1. The molecule has 0 bridgehead atoms. The summed E-state index contributed by atoms with van der Waals surface area (Å²) in [6.07, 6.45) is 3.06. The second-order valence-electron chi connectivity index (χ2n) is 5.48. The Bertz CT molecular complexity index is 863. The van der Waals surface area contributed by atoms with Gasteiger partial charge in [0.25, 0.3) is 5.91 Å². The highest BCUT2D eigenvalue weighted by atomic mass is 79.9. The van der Waals surface area contributed by atoms with Crippen molar-refractivity contribution in [2.24, 2.45) is 0 Å². The van der Waals surface area contributed by atoms with E-state index >= 15 is 0 Å². The Labute approximate surface area is 153 Å². The minimum absolute atomic E-state index is 0.0907. The zero-order chi connectivity index (χ0) is 17.8. The predicted octanol–water partition coefficient (Wildman–Crippen LogP) is 3.40. The first-order valence-electron chi connectivity index (χ1n) is 7.80. The fourth-order valence-corrected chi connectivity index (χ4v) is 2.90. The number of halogens is 1. The van der Waals surface area contributed by atoms with Crippen molar-refractivity contribution < 1.29 is 9.90 Å². The van der Waals surface area contributed by atoms with Crippen molar-refractivity contribution in [3.8, 4) is 11.4 Å². The maximum Gasteiger partial charge on any atom is 0.254 e. The highest BCUT2D eigenvalue weighted by molar-refractivity contribution is 9.10. The van der Waals surface area contributed by atoms with Crippen molar-refractivity contribution in [3.63, 3.8) is 0 Å². The zero-order valence-corrected chi connectivity index (χ0v) is 15.2. The largest absolute Gasteiger partial charge is 0.508 e. The summed E-state index contributed by atoms with van der Waals surface area (Å²) in [4.78, 5) is 18.4. The Kier molecular flexibility index (Phi) is 5.14. The number of carbonyl (C=O) groups is 1. The van der Waals surface area contributed by atoms with Crippen molar-refractivity contribution in [1.82, 2.24) is 19.7 Å². The molecule has 7 heteroatoms. The van der Waals surface area contributed by atoms with Crippen LogP contribution in [0, 0.1) is 0 Å². The molecule has 1 aromatic heterocycles. The molecule has 0 spiro atoms. The van der Waals surface area contributed by atoms with Crippen LogP contribution in [0.4, 0.5) is 0 Å². The van der Waals surface area contributed by atoms with E-state index in [0.29, 0.717) is 24.2 Å². The number of hydrogen-bond acceptors (Lipinski definition) is 4. The van der Waals surface area contributed by atoms with Gasteiger partial charge in [0.15, 0.2) is 0 Å². The summed E-state index contributed by atoms with van der Waals surface area (Å²) in [6, 6.07) is 12.4. The van der Waals surface area contributed by atoms with Crippen molar-refractivity contribution >= 4 is 21.8 Å². The molecule has 1 N–H and O–H groups in total. The molecule has 1 heterocycles. The molecule has 128 valence electrons. The Morgan fingerprint density at radius 2 is 2.00 bits per heavy atom. The molecule has 25 heavy (non-hydrogen) atoms. The molecule has 2 aromatic carbocycles. The fourth-order valence-electron chi connectivity index (χ4n) is 2.49. The summed E-state index contributed by atoms with van der Waals surface area (Å²) in [5, 5.41) is 14.1. The molecule has 0 radical (unpaired) electrons. The van der Waals surface area contributed by atoms with E-state index in [1.165, 1.54) is 6.33 Å². The number of phenolic OH excluding ortho intramolecular Hbond substituents is 1. The summed E-state index contributed by atoms with van der Waals surface area (Å²) in [5.41, 5.74) is 2.12. The number of aromatic nitrogens is 3. The highest BCUT2D eigenvalue weighted by Crippen LogP contribution is 2.24. The summed E-state index contributed by atoms with van der Waals surface area (Å²) in [7, 11) is 0. The van der Waals surface area contributed by atoms with Gasteiger partial charge in [-0.1, -0.05) is 15.9 Å². The van der Waals surface area contributed by atoms with E-state index in [0.717, 1.165) is 10.2 Å². The molecule has 3 aromatic rings. The third-order valence-electron chi connectivity index (χ3n) is 3.87. The Morgan fingerprint density at radius 1 is 1.24 bits per heavy atom. The topological polar surface area (TPSA) is 71.2 Å². The average Bonchev–Trinajstić information content (AvgIpc) is 3.16. The van der Waals surface area contributed by atoms with Gasteiger partial charge >= 0.3 is 0 Å². The van der Waals surface area contributed by atoms with Crippen LogP contribution in [0.1, 0.15) is 22.8 Å².